The number of fused-ring (bicyclic) bond motifs is 2. The second-order valence-corrected chi connectivity index (χ2v) is 6.84. The number of ether oxygens (including phenoxy) is 1. The number of nitrogens with one attached hydrogen (secondary N) is 1. The van der Waals surface area contributed by atoms with E-state index < -0.39 is 11.4 Å². The van der Waals surface area contributed by atoms with Crippen LogP contribution in [-0.4, -0.2) is 36.5 Å². The van der Waals surface area contributed by atoms with Crippen molar-refractivity contribution in [1.82, 2.24) is 4.90 Å². The summed E-state index contributed by atoms with van der Waals surface area (Å²) in [7, 11) is 0. The number of hydrogen-bond acceptors (Lipinski definition) is 5. The molecule has 1 amide bonds. The summed E-state index contributed by atoms with van der Waals surface area (Å²) in [6.07, 6.45) is 1.56. The van der Waals surface area contributed by atoms with E-state index in [0.29, 0.717) is 13.2 Å². The molecule has 1 aromatic carbocycles. The quantitative estimate of drug-likeness (QED) is 0.855. The van der Waals surface area contributed by atoms with E-state index in [1.165, 1.54) is 0 Å². The number of anilines is 1. The van der Waals surface area contributed by atoms with Gasteiger partial charge in [0.1, 0.15) is 5.76 Å². The lowest BCUT2D eigenvalue weighted by Gasteiger charge is -2.37. The van der Waals surface area contributed by atoms with Crippen LogP contribution in [0.3, 0.4) is 0 Å². The summed E-state index contributed by atoms with van der Waals surface area (Å²) < 4.78 is 10.5. The zero-order chi connectivity index (χ0) is 18.1. The van der Waals surface area contributed by atoms with Crippen LogP contribution in [-0.2, 0) is 21.5 Å². The van der Waals surface area contributed by atoms with Gasteiger partial charge in [-0.15, -0.1) is 0 Å². The minimum atomic E-state index is -0.435. The maximum absolute atomic E-state index is 12.6. The van der Waals surface area contributed by atoms with Crippen LogP contribution in [0.5, 0.6) is 0 Å². The second-order valence-electron chi connectivity index (χ2n) is 6.84. The van der Waals surface area contributed by atoms with E-state index in [0.717, 1.165) is 42.9 Å². The standard InChI is InChI=1S/C20H22N2O4/c1-2-25-18(23)17-8-7-14(26-17)13-22-11-9-20(10-12-22)15-5-3-4-6-16(15)21-19(20)24/h3-8H,2,9-13H2,1H3,(H,21,24). The smallest absolute Gasteiger partial charge is 0.374 e. The zero-order valence-electron chi connectivity index (χ0n) is 14.8. The van der Waals surface area contributed by atoms with Crippen LogP contribution in [0.2, 0.25) is 0 Å². The molecule has 0 unspecified atom stereocenters. The first-order valence-corrected chi connectivity index (χ1v) is 9.01. The first-order valence-electron chi connectivity index (χ1n) is 9.01. The molecule has 0 atom stereocenters. The predicted octanol–water partition coefficient (Wildman–Crippen LogP) is 2.94. The molecule has 1 aromatic heterocycles. The highest BCUT2D eigenvalue weighted by molar-refractivity contribution is 6.06. The van der Waals surface area contributed by atoms with Gasteiger partial charge in [0.2, 0.25) is 11.7 Å². The number of rotatable bonds is 4. The number of carbonyl (C=O) groups excluding carboxylic acids is 2. The summed E-state index contributed by atoms with van der Waals surface area (Å²) in [5.41, 5.74) is 1.65. The Hall–Kier alpha value is -2.60. The van der Waals surface area contributed by atoms with Gasteiger partial charge in [0, 0.05) is 5.69 Å². The largest absolute Gasteiger partial charge is 0.460 e. The first-order chi connectivity index (χ1) is 12.6. The average Bonchev–Trinajstić information content (AvgIpc) is 3.21. The van der Waals surface area contributed by atoms with Gasteiger partial charge in [0.05, 0.1) is 18.6 Å². The molecule has 26 heavy (non-hydrogen) atoms. The van der Waals surface area contributed by atoms with Crippen LogP contribution in [0.25, 0.3) is 0 Å². The zero-order valence-corrected chi connectivity index (χ0v) is 14.8. The Morgan fingerprint density at radius 3 is 2.77 bits per heavy atom. The van der Waals surface area contributed by atoms with Gasteiger partial charge in [-0.1, -0.05) is 18.2 Å². The van der Waals surface area contributed by atoms with Gasteiger partial charge in [0.15, 0.2) is 0 Å². The molecule has 1 N–H and O–H groups in total. The molecule has 6 nitrogen and oxygen atoms in total. The molecule has 4 rings (SSSR count). The Labute approximate surface area is 152 Å². The number of furan rings is 1. The molecule has 6 heteroatoms. The van der Waals surface area contributed by atoms with Gasteiger partial charge in [0.25, 0.3) is 0 Å². The van der Waals surface area contributed by atoms with Crippen molar-refractivity contribution in [3.8, 4) is 0 Å². The topological polar surface area (TPSA) is 71.8 Å². The summed E-state index contributed by atoms with van der Waals surface area (Å²) in [5, 5.41) is 3.02. The molecule has 2 aromatic rings. The molecule has 0 bridgehead atoms. The van der Waals surface area contributed by atoms with Crippen molar-refractivity contribution in [1.29, 1.82) is 0 Å². The molecular weight excluding hydrogens is 332 g/mol. The Kier molecular flexibility index (Phi) is 4.28. The van der Waals surface area contributed by atoms with E-state index in [4.69, 9.17) is 9.15 Å². The van der Waals surface area contributed by atoms with Crippen LogP contribution in [0.1, 0.15) is 41.6 Å². The molecule has 0 saturated carbocycles. The Bertz CT molecular complexity index is 834. The van der Waals surface area contributed by atoms with Crippen LogP contribution in [0, 0.1) is 0 Å². The number of likely N-dealkylation sites (tertiary alicyclic amines) is 1. The van der Waals surface area contributed by atoms with Crippen molar-refractivity contribution in [2.45, 2.75) is 31.7 Å². The van der Waals surface area contributed by atoms with Gasteiger partial charge in [-0.2, -0.15) is 0 Å². The van der Waals surface area contributed by atoms with Crippen molar-refractivity contribution < 1.29 is 18.7 Å². The lowest BCUT2D eigenvalue weighted by molar-refractivity contribution is -0.122. The highest BCUT2D eigenvalue weighted by Crippen LogP contribution is 2.44. The second kappa shape index (κ2) is 6.61. The van der Waals surface area contributed by atoms with Crippen LogP contribution >= 0.6 is 0 Å². The number of piperidine rings is 1. The third-order valence-electron chi connectivity index (χ3n) is 5.35. The Morgan fingerprint density at radius 2 is 2.00 bits per heavy atom. The average molecular weight is 354 g/mol. The normalized spacial score (nSPS) is 18.6. The molecule has 1 saturated heterocycles. The first kappa shape index (κ1) is 16.8. The fourth-order valence-corrected chi connectivity index (χ4v) is 3.96. The molecule has 136 valence electrons. The summed E-state index contributed by atoms with van der Waals surface area (Å²) in [6.45, 7) is 4.32. The number of hydrogen-bond donors (Lipinski definition) is 1. The summed E-state index contributed by atoms with van der Waals surface area (Å²) in [5.74, 6) is 0.649. The van der Waals surface area contributed by atoms with E-state index in [1.54, 1.807) is 13.0 Å². The number of amides is 1. The minimum Gasteiger partial charge on any atom is -0.460 e. The molecule has 2 aliphatic heterocycles. The fraction of sp³-hybridized carbons (Fsp3) is 0.400. The fourth-order valence-electron chi connectivity index (χ4n) is 3.96. The molecule has 2 aliphatic rings. The third-order valence-corrected chi connectivity index (χ3v) is 5.35. The molecule has 0 radical (unpaired) electrons. The van der Waals surface area contributed by atoms with Gasteiger partial charge in [-0.3, -0.25) is 9.69 Å². The third kappa shape index (κ3) is 2.80. The number of carbonyl (C=O) groups is 2. The number of nitrogens with zero attached hydrogens (tertiary/aromatic N) is 1. The lowest BCUT2D eigenvalue weighted by Crippen LogP contribution is -2.46. The number of esters is 1. The maximum Gasteiger partial charge on any atom is 0.374 e. The van der Waals surface area contributed by atoms with E-state index in [2.05, 4.69) is 16.3 Å². The van der Waals surface area contributed by atoms with Gasteiger partial charge >= 0.3 is 5.97 Å². The van der Waals surface area contributed by atoms with Crippen LogP contribution < -0.4 is 5.32 Å². The number of benzene rings is 1. The van der Waals surface area contributed by atoms with E-state index in [-0.39, 0.29) is 11.7 Å². The monoisotopic (exact) mass is 354 g/mol. The van der Waals surface area contributed by atoms with E-state index in [1.807, 2.05) is 24.3 Å². The SMILES string of the molecule is CCOC(=O)c1ccc(CN2CCC3(CC2)C(=O)Nc2ccccc23)o1. The molecule has 1 fully saturated rings. The minimum absolute atomic E-state index is 0.112. The van der Waals surface area contributed by atoms with Gasteiger partial charge in [-0.05, 0) is 56.6 Å². The van der Waals surface area contributed by atoms with Crippen molar-refractivity contribution in [3.63, 3.8) is 0 Å². The summed E-state index contributed by atoms with van der Waals surface area (Å²) in [4.78, 5) is 26.6. The highest BCUT2D eigenvalue weighted by Gasteiger charge is 2.48. The molecule has 3 heterocycles. The summed E-state index contributed by atoms with van der Waals surface area (Å²) >= 11 is 0. The Morgan fingerprint density at radius 1 is 1.23 bits per heavy atom. The Balaban J connectivity index is 1.42. The predicted molar refractivity (Wildman–Crippen MR) is 95.9 cm³/mol. The highest BCUT2D eigenvalue weighted by atomic mass is 16.5. The van der Waals surface area contributed by atoms with Crippen molar-refractivity contribution in [3.05, 3.63) is 53.5 Å². The van der Waals surface area contributed by atoms with Gasteiger partial charge < -0.3 is 14.5 Å². The lowest BCUT2D eigenvalue weighted by atomic mass is 9.73. The van der Waals surface area contributed by atoms with Crippen molar-refractivity contribution in [2.75, 3.05) is 25.0 Å². The summed E-state index contributed by atoms with van der Waals surface area (Å²) in [6, 6.07) is 11.4. The molecule has 0 aliphatic carbocycles. The van der Waals surface area contributed by atoms with E-state index in [9.17, 15) is 9.59 Å². The molecule has 1 spiro atoms. The van der Waals surface area contributed by atoms with Gasteiger partial charge in [-0.25, -0.2) is 4.79 Å². The maximum atomic E-state index is 12.6. The number of para-hydroxylation sites is 1. The van der Waals surface area contributed by atoms with Crippen molar-refractivity contribution in [2.24, 2.45) is 0 Å². The van der Waals surface area contributed by atoms with Crippen molar-refractivity contribution >= 4 is 17.6 Å². The van der Waals surface area contributed by atoms with Crippen LogP contribution in [0.4, 0.5) is 5.69 Å². The van der Waals surface area contributed by atoms with Crippen LogP contribution in [0.15, 0.2) is 40.8 Å². The molecular formula is C20H22N2O4. The van der Waals surface area contributed by atoms with E-state index >= 15 is 0 Å².